The molecule has 1 amide bonds. The van der Waals surface area contributed by atoms with Crippen molar-refractivity contribution in [2.75, 3.05) is 83.0 Å². The van der Waals surface area contributed by atoms with Gasteiger partial charge in [-0.05, 0) is 24.7 Å². The predicted molar refractivity (Wildman–Crippen MR) is 131 cm³/mol. The van der Waals surface area contributed by atoms with Gasteiger partial charge in [-0.25, -0.2) is 4.98 Å². The van der Waals surface area contributed by atoms with E-state index in [9.17, 15) is 4.79 Å². The molecule has 0 N–H and O–H groups in total. The second kappa shape index (κ2) is 10.1. The number of carbonyl (C=O) groups is 1. The summed E-state index contributed by atoms with van der Waals surface area (Å²) in [5.74, 6) is 2.70. The van der Waals surface area contributed by atoms with Crippen molar-refractivity contribution in [3.05, 3.63) is 41.1 Å². The molecule has 2 aromatic rings. The van der Waals surface area contributed by atoms with Crippen LogP contribution in [0.1, 0.15) is 16.8 Å². The molecule has 34 heavy (non-hydrogen) atoms. The van der Waals surface area contributed by atoms with Crippen LogP contribution in [-0.4, -0.2) is 98.9 Å². The highest BCUT2D eigenvalue weighted by atomic mass is 16.5. The Hall–Kier alpha value is -2.91. The number of methoxy groups -OCH3 is 1. The van der Waals surface area contributed by atoms with Gasteiger partial charge in [-0.1, -0.05) is 12.1 Å². The van der Waals surface area contributed by atoms with E-state index in [4.69, 9.17) is 19.4 Å². The summed E-state index contributed by atoms with van der Waals surface area (Å²) in [5, 5.41) is 0. The summed E-state index contributed by atoms with van der Waals surface area (Å²) in [5.41, 5.74) is 3.15. The van der Waals surface area contributed by atoms with Crippen molar-refractivity contribution in [1.29, 1.82) is 0 Å². The Morgan fingerprint density at radius 1 is 1.03 bits per heavy atom. The minimum atomic E-state index is 0.125. The number of amides is 1. The number of hydrogen-bond donors (Lipinski definition) is 0. The summed E-state index contributed by atoms with van der Waals surface area (Å²) in [7, 11) is 3.80. The average Bonchev–Trinajstić information content (AvgIpc) is 2.89. The average molecular weight is 467 g/mol. The number of fused-ring (bicyclic) bond motifs is 1. The Balaban J connectivity index is 1.40. The third kappa shape index (κ3) is 4.95. The molecule has 0 radical (unpaired) electrons. The Morgan fingerprint density at radius 2 is 1.82 bits per heavy atom. The molecule has 2 saturated heterocycles. The highest BCUT2D eigenvalue weighted by molar-refractivity contribution is 5.79. The molecule has 182 valence electrons. The quantitative estimate of drug-likeness (QED) is 0.651. The molecule has 0 aliphatic carbocycles. The molecule has 3 aliphatic rings. The summed E-state index contributed by atoms with van der Waals surface area (Å²) in [6, 6.07) is 7.74. The highest BCUT2D eigenvalue weighted by Crippen LogP contribution is 2.30. The van der Waals surface area contributed by atoms with Crippen molar-refractivity contribution in [3.8, 4) is 5.75 Å². The molecule has 4 heterocycles. The fourth-order valence-corrected chi connectivity index (χ4v) is 4.85. The molecule has 0 atom stereocenters. The first-order valence-corrected chi connectivity index (χ1v) is 12.2. The molecule has 1 aromatic heterocycles. The molecule has 2 fully saturated rings. The number of nitrogens with zero attached hydrogens (tertiary/aromatic N) is 6. The number of morpholine rings is 1. The van der Waals surface area contributed by atoms with Crippen LogP contribution in [0.4, 0.5) is 11.8 Å². The van der Waals surface area contributed by atoms with Gasteiger partial charge in [0.15, 0.2) is 0 Å². The minimum Gasteiger partial charge on any atom is -0.497 e. The summed E-state index contributed by atoms with van der Waals surface area (Å²) >= 11 is 0. The Kier molecular flexibility index (Phi) is 6.82. The lowest BCUT2D eigenvalue weighted by Gasteiger charge is -2.38. The SMILES string of the molecule is COc1cccc(CC(=O)N2CCc3nc(N4CCOCC4)nc(N4CCN(C)CC4)c3C2)c1. The summed E-state index contributed by atoms with van der Waals surface area (Å²) in [4.78, 5) is 32.2. The van der Waals surface area contributed by atoms with Gasteiger partial charge >= 0.3 is 0 Å². The molecule has 0 saturated carbocycles. The standard InChI is InChI=1S/C25H34N6O3/c1-28-8-10-29(11-9-28)24-21-18-31(23(32)17-19-4-3-5-20(16-19)33-2)7-6-22(21)26-25(27-24)30-12-14-34-15-13-30/h3-5,16H,6-15,17-18H2,1-2H3. The Labute approximate surface area is 201 Å². The third-order valence-electron chi connectivity index (χ3n) is 6.97. The molecular formula is C25H34N6O3. The molecule has 5 rings (SSSR count). The van der Waals surface area contributed by atoms with Crippen LogP contribution in [0.2, 0.25) is 0 Å². The number of aromatic nitrogens is 2. The lowest BCUT2D eigenvalue weighted by molar-refractivity contribution is -0.131. The van der Waals surface area contributed by atoms with E-state index in [1.165, 1.54) is 0 Å². The van der Waals surface area contributed by atoms with Crippen LogP contribution >= 0.6 is 0 Å². The number of ether oxygens (including phenoxy) is 2. The highest BCUT2D eigenvalue weighted by Gasteiger charge is 2.30. The van der Waals surface area contributed by atoms with Crippen molar-refractivity contribution in [3.63, 3.8) is 0 Å². The van der Waals surface area contributed by atoms with Crippen molar-refractivity contribution in [1.82, 2.24) is 19.8 Å². The predicted octanol–water partition coefficient (Wildman–Crippen LogP) is 1.20. The van der Waals surface area contributed by atoms with Gasteiger partial charge in [-0.2, -0.15) is 4.98 Å². The van der Waals surface area contributed by atoms with Crippen molar-refractivity contribution < 1.29 is 14.3 Å². The third-order valence-corrected chi connectivity index (χ3v) is 6.97. The first-order chi connectivity index (χ1) is 16.6. The van der Waals surface area contributed by atoms with Crippen molar-refractivity contribution in [2.24, 2.45) is 0 Å². The fraction of sp³-hybridized carbons (Fsp3) is 0.560. The number of rotatable bonds is 5. The van der Waals surface area contributed by atoms with E-state index in [2.05, 4.69) is 21.7 Å². The van der Waals surface area contributed by atoms with Crippen LogP contribution in [0.3, 0.4) is 0 Å². The number of hydrogen-bond acceptors (Lipinski definition) is 8. The van der Waals surface area contributed by atoms with Crippen LogP contribution in [0.15, 0.2) is 24.3 Å². The van der Waals surface area contributed by atoms with Gasteiger partial charge in [0.2, 0.25) is 11.9 Å². The number of piperazine rings is 1. The molecule has 0 bridgehead atoms. The zero-order chi connectivity index (χ0) is 23.5. The fourth-order valence-electron chi connectivity index (χ4n) is 4.85. The van der Waals surface area contributed by atoms with Gasteiger partial charge in [0.25, 0.3) is 0 Å². The molecule has 0 spiro atoms. The number of carbonyl (C=O) groups excluding carboxylic acids is 1. The monoisotopic (exact) mass is 466 g/mol. The molecular weight excluding hydrogens is 432 g/mol. The molecule has 0 unspecified atom stereocenters. The number of likely N-dealkylation sites (N-methyl/N-ethyl adjacent to an activating group) is 1. The van der Waals surface area contributed by atoms with Gasteiger partial charge in [0.1, 0.15) is 11.6 Å². The largest absolute Gasteiger partial charge is 0.497 e. The Bertz CT molecular complexity index is 1020. The molecule has 9 nitrogen and oxygen atoms in total. The van der Waals surface area contributed by atoms with E-state index in [0.29, 0.717) is 32.7 Å². The van der Waals surface area contributed by atoms with E-state index in [1.54, 1.807) is 7.11 Å². The summed E-state index contributed by atoms with van der Waals surface area (Å²) in [6.07, 6.45) is 1.11. The second-order valence-electron chi connectivity index (χ2n) is 9.26. The zero-order valence-electron chi connectivity index (χ0n) is 20.2. The summed E-state index contributed by atoms with van der Waals surface area (Å²) in [6.45, 7) is 8.14. The smallest absolute Gasteiger partial charge is 0.227 e. The maximum Gasteiger partial charge on any atom is 0.227 e. The first kappa shape index (κ1) is 22.9. The van der Waals surface area contributed by atoms with Gasteiger partial charge in [-0.15, -0.1) is 0 Å². The van der Waals surface area contributed by atoms with Crippen LogP contribution in [0.25, 0.3) is 0 Å². The second-order valence-corrected chi connectivity index (χ2v) is 9.26. The van der Waals surface area contributed by atoms with Gasteiger partial charge in [0.05, 0.1) is 39.0 Å². The van der Waals surface area contributed by atoms with Crippen molar-refractivity contribution in [2.45, 2.75) is 19.4 Å². The lowest BCUT2D eigenvalue weighted by atomic mass is 10.0. The minimum absolute atomic E-state index is 0.125. The van der Waals surface area contributed by atoms with E-state index >= 15 is 0 Å². The van der Waals surface area contributed by atoms with E-state index in [1.807, 2.05) is 29.2 Å². The number of benzene rings is 1. The van der Waals surface area contributed by atoms with Crippen molar-refractivity contribution >= 4 is 17.7 Å². The molecule has 3 aliphatic heterocycles. The van der Waals surface area contributed by atoms with Crippen LogP contribution in [0, 0.1) is 0 Å². The maximum absolute atomic E-state index is 13.2. The van der Waals surface area contributed by atoms with Gasteiger partial charge in [0, 0.05) is 57.8 Å². The Morgan fingerprint density at radius 3 is 2.59 bits per heavy atom. The van der Waals surface area contributed by atoms with E-state index in [-0.39, 0.29) is 5.91 Å². The topological polar surface area (TPSA) is 74.3 Å². The number of anilines is 2. The van der Waals surface area contributed by atoms with E-state index in [0.717, 1.165) is 80.0 Å². The van der Waals surface area contributed by atoms with Gasteiger partial charge < -0.3 is 29.1 Å². The van der Waals surface area contributed by atoms with Crippen LogP contribution in [-0.2, 0) is 28.9 Å². The normalized spacial score (nSPS) is 19.2. The van der Waals surface area contributed by atoms with Crippen LogP contribution in [0.5, 0.6) is 5.75 Å². The lowest BCUT2D eigenvalue weighted by Crippen LogP contribution is -2.47. The molecule has 1 aromatic carbocycles. The van der Waals surface area contributed by atoms with Crippen LogP contribution < -0.4 is 14.5 Å². The molecule has 9 heteroatoms. The first-order valence-electron chi connectivity index (χ1n) is 12.2. The summed E-state index contributed by atoms with van der Waals surface area (Å²) < 4.78 is 10.8. The maximum atomic E-state index is 13.2. The van der Waals surface area contributed by atoms with E-state index < -0.39 is 0 Å². The van der Waals surface area contributed by atoms with Gasteiger partial charge in [-0.3, -0.25) is 4.79 Å². The zero-order valence-corrected chi connectivity index (χ0v) is 20.2.